The Bertz CT molecular complexity index is 950. The minimum Gasteiger partial charge on any atom is -0.380 e. The minimum atomic E-state index is -3.52. The lowest BCUT2D eigenvalue weighted by Crippen LogP contribution is -2.40. The van der Waals surface area contributed by atoms with E-state index in [1.54, 1.807) is 31.2 Å². The summed E-state index contributed by atoms with van der Waals surface area (Å²) in [6.45, 7) is 3.63. The predicted molar refractivity (Wildman–Crippen MR) is 106 cm³/mol. The van der Waals surface area contributed by atoms with Crippen LogP contribution in [0.4, 0.5) is 11.4 Å². The van der Waals surface area contributed by atoms with Gasteiger partial charge >= 0.3 is 0 Å². The lowest BCUT2D eigenvalue weighted by Gasteiger charge is -2.26. The van der Waals surface area contributed by atoms with Crippen LogP contribution in [0.3, 0.4) is 0 Å². The number of nitro benzene ring substituents is 1. The van der Waals surface area contributed by atoms with Gasteiger partial charge in [0.05, 0.1) is 33.7 Å². The molecule has 0 amide bonds. The van der Waals surface area contributed by atoms with Crippen LogP contribution in [0, 0.1) is 17.0 Å². The highest BCUT2D eigenvalue weighted by molar-refractivity contribution is 7.89. The number of nitrogens with zero attached hydrogens (tertiary/aromatic N) is 2. The number of sulfonamides is 1. The fourth-order valence-electron chi connectivity index (χ4n) is 2.96. The number of anilines is 1. The third-order valence-electron chi connectivity index (χ3n) is 4.48. The maximum atomic E-state index is 12.6. The van der Waals surface area contributed by atoms with E-state index in [0.717, 1.165) is 5.56 Å². The van der Waals surface area contributed by atoms with Gasteiger partial charge in [-0.3, -0.25) is 10.1 Å². The van der Waals surface area contributed by atoms with Gasteiger partial charge < -0.3 is 10.1 Å². The van der Waals surface area contributed by atoms with Crippen molar-refractivity contribution >= 4 is 33.0 Å². The fourth-order valence-corrected chi connectivity index (χ4v) is 4.70. The molecule has 28 heavy (non-hydrogen) atoms. The van der Waals surface area contributed by atoms with Crippen molar-refractivity contribution in [1.29, 1.82) is 0 Å². The van der Waals surface area contributed by atoms with Crippen molar-refractivity contribution in [3.8, 4) is 0 Å². The van der Waals surface area contributed by atoms with E-state index >= 15 is 0 Å². The van der Waals surface area contributed by atoms with Crippen molar-refractivity contribution in [1.82, 2.24) is 4.31 Å². The van der Waals surface area contributed by atoms with E-state index in [9.17, 15) is 18.5 Å². The normalized spacial score (nSPS) is 15.4. The summed E-state index contributed by atoms with van der Waals surface area (Å²) >= 11 is 6.15. The summed E-state index contributed by atoms with van der Waals surface area (Å²) in [7, 11) is -3.52. The van der Waals surface area contributed by atoms with E-state index in [1.807, 2.05) is 0 Å². The zero-order valence-electron chi connectivity index (χ0n) is 15.2. The number of benzene rings is 2. The van der Waals surface area contributed by atoms with Crippen molar-refractivity contribution in [3.63, 3.8) is 0 Å². The summed E-state index contributed by atoms with van der Waals surface area (Å²) in [5.74, 6) is 0. The Morgan fingerprint density at radius 1 is 1.21 bits per heavy atom. The monoisotopic (exact) mass is 425 g/mol. The molecule has 1 heterocycles. The first kappa shape index (κ1) is 20.5. The maximum absolute atomic E-state index is 12.6. The van der Waals surface area contributed by atoms with Crippen LogP contribution >= 0.6 is 11.6 Å². The molecule has 150 valence electrons. The second kappa shape index (κ2) is 8.44. The lowest BCUT2D eigenvalue weighted by molar-refractivity contribution is -0.384. The van der Waals surface area contributed by atoms with Crippen molar-refractivity contribution in [2.75, 3.05) is 31.6 Å². The molecular formula is C18H20ClN3O5S. The average molecular weight is 426 g/mol. The van der Waals surface area contributed by atoms with Crippen molar-refractivity contribution in [2.24, 2.45) is 0 Å². The van der Waals surface area contributed by atoms with Gasteiger partial charge in [-0.05, 0) is 30.2 Å². The van der Waals surface area contributed by atoms with Gasteiger partial charge in [-0.15, -0.1) is 0 Å². The van der Waals surface area contributed by atoms with Crippen LogP contribution in [0.15, 0.2) is 41.3 Å². The molecule has 0 radical (unpaired) electrons. The van der Waals surface area contributed by atoms with Gasteiger partial charge in [0.2, 0.25) is 10.0 Å². The molecule has 3 rings (SSSR count). The topological polar surface area (TPSA) is 102 Å². The molecule has 0 saturated carbocycles. The molecule has 0 atom stereocenters. The van der Waals surface area contributed by atoms with Crippen LogP contribution in [-0.4, -0.2) is 43.9 Å². The Hall–Kier alpha value is -2.20. The molecule has 1 aliphatic heterocycles. The SMILES string of the molecule is Cc1cc([N+](=O)[O-])cc(Cl)c1NCc1ccc(S(=O)(=O)N2CCOCC2)cc1. The molecule has 0 aromatic heterocycles. The molecular weight excluding hydrogens is 406 g/mol. The van der Waals surface area contributed by atoms with Gasteiger partial charge in [0, 0.05) is 31.8 Å². The fraction of sp³-hybridized carbons (Fsp3) is 0.333. The standard InChI is InChI=1S/C18H20ClN3O5S/c1-13-10-15(22(23)24)11-17(19)18(13)20-12-14-2-4-16(5-3-14)28(25,26)21-6-8-27-9-7-21/h2-5,10-11,20H,6-9,12H2,1H3. The van der Waals surface area contributed by atoms with Crippen molar-refractivity contribution in [2.45, 2.75) is 18.4 Å². The second-order valence-electron chi connectivity index (χ2n) is 6.39. The summed E-state index contributed by atoms with van der Waals surface area (Å²) in [6.07, 6.45) is 0. The van der Waals surface area contributed by atoms with E-state index in [4.69, 9.17) is 16.3 Å². The zero-order chi connectivity index (χ0) is 20.3. The molecule has 1 N–H and O–H groups in total. The quantitative estimate of drug-likeness (QED) is 0.563. The van der Waals surface area contributed by atoms with Gasteiger partial charge in [0.15, 0.2) is 0 Å². The van der Waals surface area contributed by atoms with E-state index in [0.29, 0.717) is 44.1 Å². The Morgan fingerprint density at radius 3 is 2.43 bits per heavy atom. The number of morpholine rings is 1. The molecule has 1 saturated heterocycles. The molecule has 0 spiro atoms. The number of rotatable bonds is 6. The molecule has 1 fully saturated rings. The van der Waals surface area contributed by atoms with Crippen LogP contribution in [0.25, 0.3) is 0 Å². The Morgan fingerprint density at radius 2 is 1.86 bits per heavy atom. The predicted octanol–water partition coefficient (Wildman–Crippen LogP) is 3.19. The molecule has 0 unspecified atom stereocenters. The molecule has 2 aromatic rings. The maximum Gasteiger partial charge on any atom is 0.271 e. The van der Waals surface area contributed by atoms with Crippen molar-refractivity contribution in [3.05, 3.63) is 62.7 Å². The number of nitrogens with one attached hydrogen (secondary N) is 1. The summed E-state index contributed by atoms with van der Waals surface area (Å²) in [6, 6.07) is 9.36. The number of nitro groups is 1. The number of aryl methyl sites for hydroxylation is 1. The van der Waals surface area contributed by atoms with E-state index in [1.165, 1.54) is 16.4 Å². The smallest absolute Gasteiger partial charge is 0.271 e. The highest BCUT2D eigenvalue weighted by Crippen LogP contribution is 2.31. The van der Waals surface area contributed by atoms with Gasteiger partial charge in [0.25, 0.3) is 5.69 Å². The van der Waals surface area contributed by atoms with Gasteiger partial charge in [0.1, 0.15) is 0 Å². The number of ether oxygens (including phenoxy) is 1. The number of hydrogen-bond acceptors (Lipinski definition) is 6. The third kappa shape index (κ3) is 4.44. The minimum absolute atomic E-state index is 0.0641. The highest BCUT2D eigenvalue weighted by atomic mass is 35.5. The number of non-ortho nitro benzene ring substituents is 1. The largest absolute Gasteiger partial charge is 0.380 e. The first-order chi connectivity index (χ1) is 13.3. The zero-order valence-corrected chi connectivity index (χ0v) is 16.8. The van der Waals surface area contributed by atoms with Crippen LogP contribution in [0.5, 0.6) is 0 Å². The number of halogens is 1. The van der Waals surface area contributed by atoms with Crippen LogP contribution in [-0.2, 0) is 21.3 Å². The molecule has 1 aliphatic rings. The van der Waals surface area contributed by atoms with Crippen LogP contribution < -0.4 is 5.32 Å². The Kier molecular flexibility index (Phi) is 6.19. The third-order valence-corrected chi connectivity index (χ3v) is 6.69. The molecule has 0 bridgehead atoms. The second-order valence-corrected chi connectivity index (χ2v) is 8.74. The van der Waals surface area contributed by atoms with Crippen LogP contribution in [0.2, 0.25) is 5.02 Å². The molecule has 0 aliphatic carbocycles. The van der Waals surface area contributed by atoms with Crippen molar-refractivity contribution < 1.29 is 18.1 Å². The Balaban J connectivity index is 1.71. The van der Waals surface area contributed by atoms with Gasteiger partial charge in [-0.2, -0.15) is 4.31 Å². The molecule has 2 aromatic carbocycles. The molecule has 10 heteroatoms. The highest BCUT2D eigenvalue weighted by Gasteiger charge is 2.26. The first-order valence-electron chi connectivity index (χ1n) is 8.64. The van der Waals surface area contributed by atoms with Gasteiger partial charge in [-0.1, -0.05) is 23.7 Å². The van der Waals surface area contributed by atoms with Gasteiger partial charge in [-0.25, -0.2) is 8.42 Å². The Labute approximate surface area is 168 Å². The summed E-state index contributed by atoms with van der Waals surface area (Å²) in [5.41, 5.74) is 2.06. The number of hydrogen-bond donors (Lipinski definition) is 1. The van der Waals surface area contributed by atoms with E-state index in [-0.39, 0.29) is 15.6 Å². The lowest BCUT2D eigenvalue weighted by atomic mass is 10.1. The average Bonchev–Trinajstić information content (AvgIpc) is 2.68. The van der Waals surface area contributed by atoms with Crippen LogP contribution in [0.1, 0.15) is 11.1 Å². The van der Waals surface area contributed by atoms with E-state index < -0.39 is 14.9 Å². The van der Waals surface area contributed by atoms with E-state index in [2.05, 4.69) is 5.32 Å². The summed E-state index contributed by atoms with van der Waals surface area (Å²) < 4.78 is 31.9. The molecule has 8 nitrogen and oxygen atoms in total. The summed E-state index contributed by atoms with van der Waals surface area (Å²) in [4.78, 5) is 10.6. The summed E-state index contributed by atoms with van der Waals surface area (Å²) in [5, 5.41) is 14.3. The first-order valence-corrected chi connectivity index (χ1v) is 10.5.